The minimum absolute atomic E-state index is 0.0901. The van der Waals surface area contributed by atoms with Gasteiger partial charge in [0.25, 0.3) is 0 Å². The first-order valence-electron chi connectivity index (χ1n) is 8.66. The first kappa shape index (κ1) is 17.3. The fourth-order valence-electron chi connectivity index (χ4n) is 2.74. The highest BCUT2D eigenvalue weighted by molar-refractivity contribution is 5.60. The van der Waals surface area contributed by atoms with Gasteiger partial charge < -0.3 is 9.47 Å². The van der Waals surface area contributed by atoms with E-state index < -0.39 is 6.16 Å². The quantitative estimate of drug-likeness (QED) is 0.429. The van der Waals surface area contributed by atoms with Crippen molar-refractivity contribution in [3.05, 3.63) is 0 Å². The molecule has 0 aromatic heterocycles. The van der Waals surface area contributed by atoms with Crippen LogP contribution in [0, 0.1) is 0 Å². The van der Waals surface area contributed by atoms with Gasteiger partial charge in [-0.25, -0.2) is 4.79 Å². The normalized spacial score (nSPS) is 17.2. The zero-order chi connectivity index (χ0) is 14.5. The van der Waals surface area contributed by atoms with Crippen molar-refractivity contribution in [3.8, 4) is 0 Å². The number of hydrogen-bond acceptors (Lipinski definition) is 3. The largest absolute Gasteiger partial charge is 0.508 e. The van der Waals surface area contributed by atoms with Crippen LogP contribution in [0.5, 0.6) is 0 Å². The molecule has 1 saturated carbocycles. The second-order valence-electron chi connectivity index (χ2n) is 5.95. The van der Waals surface area contributed by atoms with Crippen molar-refractivity contribution in [1.29, 1.82) is 0 Å². The van der Waals surface area contributed by atoms with Crippen molar-refractivity contribution in [3.63, 3.8) is 0 Å². The first-order valence-corrected chi connectivity index (χ1v) is 8.66. The topological polar surface area (TPSA) is 35.5 Å². The van der Waals surface area contributed by atoms with Gasteiger partial charge in [-0.3, -0.25) is 0 Å². The Morgan fingerprint density at radius 3 is 2.20 bits per heavy atom. The van der Waals surface area contributed by atoms with Crippen LogP contribution in [0.4, 0.5) is 4.79 Å². The molecule has 0 unspecified atom stereocenters. The van der Waals surface area contributed by atoms with E-state index in [9.17, 15) is 4.79 Å². The molecule has 3 nitrogen and oxygen atoms in total. The molecular weight excluding hydrogens is 252 g/mol. The van der Waals surface area contributed by atoms with Gasteiger partial charge in [-0.2, -0.15) is 0 Å². The van der Waals surface area contributed by atoms with Crippen LogP contribution in [-0.2, 0) is 9.47 Å². The zero-order valence-corrected chi connectivity index (χ0v) is 13.2. The van der Waals surface area contributed by atoms with Gasteiger partial charge in [-0.05, 0) is 32.1 Å². The third-order valence-corrected chi connectivity index (χ3v) is 4.03. The van der Waals surface area contributed by atoms with Crippen molar-refractivity contribution >= 4 is 6.16 Å². The first-order chi connectivity index (χ1) is 9.83. The Balaban J connectivity index is 1.98. The summed E-state index contributed by atoms with van der Waals surface area (Å²) in [5.41, 5.74) is 0. The molecule has 1 aliphatic carbocycles. The van der Waals surface area contributed by atoms with Crippen LogP contribution in [0.1, 0.15) is 90.4 Å². The number of hydrogen-bond donors (Lipinski definition) is 0. The standard InChI is InChI=1S/C17H32O3/c1-2-3-4-5-9-12-15-19-17(18)20-16-13-10-7-6-8-11-14-16/h16H,2-15H2,1H3. The second-order valence-corrected chi connectivity index (χ2v) is 5.95. The van der Waals surface area contributed by atoms with Crippen molar-refractivity contribution in [2.75, 3.05) is 6.61 Å². The fourth-order valence-corrected chi connectivity index (χ4v) is 2.74. The van der Waals surface area contributed by atoms with E-state index in [4.69, 9.17) is 9.47 Å². The van der Waals surface area contributed by atoms with Gasteiger partial charge in [-0.15, -0.1) is 0 Å². The average molecular weight is 284 g/mol. The van der Waals surface area contributed by atoms with Gasteiger partial charge >= 0.3 is 6.16 Å². The Hall–Kier alpha value is -0.730. The SMILES string of the molecule is CCCCCCCCOC(=O)OC1CCCCCCC1. The van der Waals surface area contributed by atoms with Crippen LogP contribution in [0.25, 0.3) is 0 Å². The Kier molecular flexibility index (Phi) is 10.4. The van der Waals surface area contributed by atoms with E-state index in [0.717, 1.165) is 25.7 Å². The van der Waals surface area contributed by atoms with Crippen LogP contribution in [0.2, 0.25) is 0 Å². The molecule has 0 saturated heterocycles. The minimum atomic E-state index is -0.455. The molecule has 3 heteroatoms. The van der Waals surface area contributed by atoms with E-state index in [1.807, 2.05) is 0 Å². The maximum atomic E-state index is 11.6. The van der Waals surface area contributed by atoms with E-state index in [1.54, 1.807) is 0 Å². The molecule has 1 aliphatic rings. The summed E-state index contributed by atoms with van der Waals surface area (Å²) in [5.74, 6) is 0. The molecule has 0 aromatic carbocycles. The third kappa shape index (κ3) is 9.22. The van der Waals surface area contributed by atoms with E-state index in [2.05, 4.69) is 6.92 Å². The lowest BCUT2D eigenvalue weighted by Crippen LogP contribution is -2.20. The summed E-state index contributed by atoms with van der Waals surface area (Å²) in [4.78, 5) is 11.6. The molecular formula is C17H32O3. The maximum absolute atomic E-state index is 11.6. The van der Waals surface area contributed by atoms with Crippen molar-refractivity contribution in [1.82, 2.24) is 0 Å². The smallest absolute Gasteiger partial charge is 0.434 e. The van der Waals surface area contributed by atoms with Gasteiger partial charge in [0.05, 0.1) is 6.61 Å². The monoisotopic (exact) mass is 284 g/mol. The summed E-state index contributed by atoms with van der Waals surface area (Å²) in [6.07, 6.45) is 15.1. The van der Waals surface area contributed by atoms with E-state index in [-0.39, 0.29) is 6.10 Å². The average Bonchev–Trinajstić information content (AvgIpc) is 2.41. The van der Waals surface area contributed by atoms with Crippen molar-refractivity contribution in [2.45, 2.75) is 96.5 Å². The maximum Gasteiger partial charge on any atom is 0.508 e. The molecule has 118 valence electrons. The molecule has 0 aromatic rings. The number of carbonyl (C=O) groups is 1. The summed E-state index contributed by atoms with van der Waals surface area (Å²) in [6, 6.07) is 0. The van der Waals surface area contributed by atoms with Gasteiger partial charge in [0.15, 0.2) is 0 Å². The van der Waals surface area contributed by atoms with E-state index >= 15 is 0 Å². The summed E-state index contributed by atoms with van der Waals surface area (Å²) in [5, 5.41) is 0. The van der Waals surface area contributed by atoms with E-state index in [1.165, 1.54) is 57.8 Å². The Labute approximate surface area is 124 Å². The highest BCUT2D eigenvalue weighted by Gasteiger charge is 2.16. The summed E-state index contributed by atoms with van der Waals surface area (Å²) in [7, 11) is 0. The Morgan fingerprint density at radius 1 is 0.900 bits per heavy atom. The van der Waals surface area contributed by atoms with Crippen LogP contribution in [0.15, 0.2) is 0 Å². The van der Waals surface area contributed by atoms with Crippen molar-refractivity contribution in [2.24, 2.45) is 0 Å². The highest BCUT2D eigenvalue weighted by atomic mass is 16.7. The van der Waals surface area contributed by atoms with Crippen LogP contribution in [0.3, 0.4) is 0 Å². The van der Waals surface area contributed by atoms with Gasteiger partial charge in [-0.1, -0.05) is 58.3 Å². The van der Waals surface area contributed by atoms with Gasteiger partial charge in [0.2, 0.25) is 0 Å². The fraction of sp³-hybridized carbons (Fsp3) is 0.941. The predicted molar refractivity (Wildman–Crippen MR) is 81.9 cm³/mol. The molecule has 0 bridgehead atoms. The lowest BCUT2D eigenvalue weighted by Gasteiger charge is -2.19. The summed E-state index contributed by atoms with van der Waals surface area (Å²) < 4.78 is 10.6. The molecule has 1 fully saturated rings. The molecule has 0 atom stereocenters. The number of ether oxygens (including phenoxy) is 2. The zero-order valence-electron chi connectivity index (χ0n) is 13.2. The number of rotatable bonds is 8. The molecule has 0 aliphatic heterocycles. The minimum Gasteiger partial charge on any atom is -0.434 e. The Morgan fingerprint density at radius 2 is 1.50 bits per heavy atom. The Bertz CT molecular complexity index is 232. The highest BCUT2D eigenvalue weighted by Crippen LogP contribution is 2.19. The third-order valence-electron chi connectivity index (χ3n) is 4.03. The van der Waals surface area contributed by atoms with Crippen LogP contribution >= 0.6 is 0 Å². The number of unbranched alkanes of at least 4 members (excludes halogenated alkanes) is 5. The molecule has 0 radical (unpaired) electrons. The second kappa shape index (κ2) is 12.0. The molecule has 0 N–H and O–H groups in total. The number of carbonyl (C=O) groups excluding carboxylic acids is 1. The lowest BCUT2D eigenvalue weighted by atomic mass is 9.99. The molecule has 20 heavy (non-hydrogen) atoms. The molecule has 0 amide bonds. The van der Waals surface area contributed by atoms with Crippen LogP contribution in [-0.4, -0.2) is 18.9 Å². The molecule has 1 rings (SSSR count). The lowest BCUT2D eigenvalue weighted by molar-refractivity contribution is 0.0142. The van der Waals surface area contributed by atoms with E-state index in [0.29, 0.717) is 6.61 Å². The molecule has 0 heterocycles. The van der Waals surface area contributed by atoms with Gasteiger partial charge in [0, 0.05) is 0 Å². The van der Waals surface area contributed by atoms with Crippen molar-refractivity contribution < 1.29 is 14.3 Å². The predicted octanol–water partition coefficient (Wildman–Crippen LogP) is 5.61. The summed E-state index contributed by atoms with van der Waals surface area (Å²) in [6.45, 7) is 2.73. The molecule has 0 spiro atoms. The van der Waals surface area contributed by atoms with Crippen LogP contribution < -0.4 is 0 Å². The summed E-state index contributed by atoms with van der Waals surface area (Å²) >= 11 is 0. The van der Waals surface area contributed by atoms with Gasteiger partial charge in [0.1, 0.15) is 6.10 Å².